The molecule has 21 heavy (non-hydrogen) atoms. The molecule has 1 aromatic heterocycles. The van der Waals surface area contributed by atoms with Crippen LogP contribution in [-0.2, 0) is 0 Å². The van der Waals surface area contributed by atoms with Crippen molar-refractivity contribution in [1.29, 1.82) is 0 Å². The molecule has 8 heteroatoms. The Hall–Kier alpha value is -1.15. The van der Waals surface area contributed by atoms with Gasteiger partial charge < -0.3 is 34.2 Å². The van der Waals surface area contributed by atoms with Gasteiger partial charge in [-0.05, 0) is 37.6 Å². The molecule has 0 radical (unpaired) electrons. The van der Waals surface area contributed by atoms with Crippen LogP contribution in [0.4, 0.5) is 0 Å². The van der Waals surface area contributed by atoms with Crippen LogP contribution in [0.1, 0.15) is 24.9 Å². The number of hydrogen-bond donors (Lipinski definition) is 4. The first kappa shape index (κ1) is 17.9. The molecular formula is C13H19BrClN5O. The molecule has 1 aromatic carbocycles. The fourth-order valence-corrected chi connectivity index (χ4v) is 2.23. The first-order valence-corrected chi connectivity index (χ1v) is 7.28. The van der Waals surface area contributed by atoms with E-state index in [2.05, 4.69) is 31.2 Å². The Labute approximate surface area is 139 Å². The lowest BCUT2D eigenvalue weighted by Gasteiger charge is -2.11. The Morgan fingerprint density at radius 3 is 3.00 bits per heavy atom. The summed E-state index contributed by atoms with van der Waals surface area (Å²) in [5, 5.41) is 2.77. The molecule has 0 saturated heterocycles. The highest BCUT2D eigenvalue weighted by Crippen LogP contribution is 2.17. The van der Waals surface area contributed by atoms with E-state index in [1.165, 1.54) is 0 Å². The van der Waals surface area contributed by atoms with E-state index in [-0.39, 0.29) is 25.8 Å². The molecule has 0 unspecified atom stereocenters. The summed E-state index contributed by atoms with van der Waals surface area (Å²) < 4.78 is 0.923. The molecule has 1 atom stereocenters. The van der Waals surface area contributed by atoms with Crippen molar-refractivity contribution < 1.29 is 18.6 Å². The van der Waals surface area contributed by atoms with E-state index in [1.807, 2.05) is 18.2 Å². The highest BCUT2D eigenvalue weighted by molar-refractivity contribution is 9.10. The van der Waals surface area contributed by atoms with Crippen molar-refractivity contribution in [3.8, 4) is 0 Å². The van der Waals surface area contributed by atoms with Crippen molar-refractivity contribution in [3.05, 3.63) is 28.5 Å². The number of rotatable bonds is 6. The van der Waals surface area contributed by atoms with E-state index >= 15 is 0 Å². The summed E-state index contributed by atoms with van der Waals surface area (Å²) in [6, 6.07) is 5.54. The second-order valence-electron chi connectivity index (χ2n) is 4.65. The fourth-order valence-electron chi connectivity index (χ4n) is 1.88. The molecule has 0 spiro atoms. The summed E-state index contributed by atoms with van der Waals surface area (Å²) >= 11 is 3.37. The minimum absolute atomic E-state index is 0. The van der Waals surface area contributed by atoms with E-state index in [1.54, 1.807) is 0 Å². The maximum atomic E-state index is 12.0. The first-order valence-electron chi connectivity index (χ1n) is 6.49. The van der Waals surface area contributed by atoms with Crippen LogP contribution < -0.4 is 29.2 Å². The third-order valence-electron chi connectivity index (χ3n) is 2.96. The van der Waals surface area contributed by atoms with Gasteiger partial charge in [0, 0.05) is 17.1 Å². The number of amides is 1. The zero-order valence-corrected chi connectivity index (χ0v) is 13.7. The average Bonchev–Trinajstić information content (AvgIpc) is 2.85. The summed E-state index contributed by atoms with van der Waals surface area (Å²) in [6.45, 7) is 1.03. The average molecular weight is 377 g/mol. The van der Waals surface area contributed by atoms with Gasteiger partial charge in [-0.15, -0.1) is 0 Å². The number of halogens is 2. The molecule has 6 nitrogen and oxygen atoms in total. The number of nitrogens with one attached hydrogen (secondary N) is 2. The third-order valence-corrected chi connectivity index (χ3v) is 3.46. The van der Waals surface area contributed by atoms with Gasteiger partial charge in [0.25, 0.3) is 5.91 Å². The summed E-state index contributed by atoms with van der Waals surface area (Å²) in [6.07, 6.45) is 1.65. The second kappa shape index (κ2) is 8.33. The zero-order chi connectivity index (χ0) is 14.5. The van der Waals surface area contributed by atoms with Crippen molar-refractivity contribution in [2.45, 2.75) is 18.9 Å². The smallest absolute Gasteiger partial charge is 1.00 e. The van der Waals surface area contributed by atoms with Crippen molar-refractivity contribution in [3.63, 3.8) is 0 Å². The van der Waals surface area contributed by atoms with Crippen LogP contribution in [-0.4, -0.2) is 35.0 Å². The van der Waals surface area contributed by atoms with Gasteiger partial charge in [0.05, 0.1) is 11.0 Å². The van der Waals surface area contributed by atoms with Crippen molar-refractivity contribution >= 4 is 32.9 Å². The van der Waals surface area contributed by atoms with Crippen LogP contribution in [0.2, 0.25) is 0 Å². The van der Waals surface area contributed by atoms with Crippen LogP contribution in [0.5, 0.6) is 0 Å². The number of aromatic nitrogens is 2. The Bertz CT molecular complexity index is 609. The number of imidazole rings is 1. The van der Waals surface area contributed by atoms with E-state index in [9.17, 15) is 4.79 Å². The molecule has 116 valence electrons. The number of aromatic amines is 1. The van der Waals surface area contributed by atoms with Crippen LogP contribution in [0.25, 0.3) is 11.0 Å². The lowest BCUT2D eigenvalue weighted by Crippen LogP contribution is -3.00. The molecule has 2 aromatic rings. The van der Waals surface area contributed by atoms with E-state index < -0.39 is 0 Å². The second-order valence-corrected chi connectivity index (χ2v) is 5.56. The maximum Gasteiger partial charge on any atom is 1.00 e. The molecule has 0 aliphatic rings. The van der Waals surface area contributed by atoms with Crippen LogP contribution >= 0.6 is 15.9 Å². The van der Waals surface area contributed by atoms with E-state index in [4.69, 9.17) is 11.5 Å². The van der Waals surface area contributed by atoms with E-state index in [0.29, 0.717) is 18.9 Å². The van der Waals surface area contributed by atoms with Gasteiger partial charge in [0.15, 0.2) is 5.82 Å². The zero-order valence-electron chi connectivity index (χ0n) is 12.4. The molecule has 0 aliphatic carbocycles. The molecule has 1 amide bonds. The maximum absolute atomic E-state index is 12.0. The Balaban J connectivity index is 0.00000220. The molecule has 0 aliphatic heterocycles. The minimum atomic E-state index is -0.250. The monoisotopic (exact) mass is 375 g/mol. The number of carbonyl (C=O) groups excluding carboxylic acids is 1. The van der Waals surface area contributed by atoms with Gasteiger partial charge in [-0.2, -0.15) is 0 Å². The molecule has 0 fully saturated rings. The highest BCUT2D eigenvalue weighted by atomic mass is 79.9. The van der Waals surface area contributed by atoms with Crippen LogP contribution in [0.15, 0.2) is 22.7 Å². The summed E-state index contributed by atoms with van der Waals surface area (Å²) in [7, 11) is 0. The Kier molecular flexibility index (Phi) is 7.10. The lowest BCUT2D eigenvalue weighted by molar-refractivity contribution is -0.0000124. The molecular weight excluding hydrogens is 358 g/mol. The topological polar surface area (TPSA) is 110 Å². The summed E-state index contributed by atoms with van der Waals surface area (Å²) in [5.74, 6) is 0.0460. The predicted molar refractivity (Wildman–Crippen MR) is 83.5 cm³/mol. The van der Waals surface area contributed by atoms with Gasteiger partial charge in [-0.3, -0.25) is 4.79 Å². The van der Waals surface area contributed by atoms with Gasteiger partial charge in [0.2, 0.25) is 0 Å². The molecule has 6 N–H and O–H groups in total. The van der Waals surface area contributed by atoms with E-state index in [0.717, 1.165) is 28.3 Å². The van der Waals surface area contributed by atoms with Gasteiger partial charge >= 0.3 is 1.43 Å². The van der Waals surface area contributed by atoms with Gasteiger partial charge in [-0.1, -0.05) is 15.9 Å². The molecule has 0 bridgehead atoms. The number of hydrogen-bond acceptors (Lipinski definition) is 4. The summed E-state index contributed by atoms with van der Waals surface area (Å²) in [5.41, 5.74) is 12.9. The first-order chi connectivity index (χ1) is 9.60. The molecule has 0 saturated carbocycles. The standard InChI is InChI=1S/C13H18BrN5O.ClH/c14-8-3-4-10-11(6-8)19-12(18-10)13(20)17-7-9(16)2-1-5-15;/h3-4,6,9H,1-2,5,7,15-16H2,(H,17,20)(H,18,19);1H/t9-;/m0./s1. The van der Waals surface area contributed by atoms with Crippen LogP contribution in [0.3, 0.4) is 0 Å². The largest absolute Gasteiger partial charge is 1.00 e. The van der Waals surface area contributed by atoms with Crippen LogP contribution in [0, 0.1) is 0 Å². The number of nitrogens with zero attached hydrogens (tertiary/aromatic N) is 1. The number of benzene rings is 1. The van der Waals surface area contributed by atoms with Crippen molar-refractivity contribution in [2.75, 3.05) is 13.1 Å². The van der Waals surface area contributed by atoms with Gasteiger partial charge in [-0.25, -0.2) is 4.98 Å². The Morgan fingerprint density at radius 1 is 1.52 bits per heavy atom. The number of carbonyl (C=O) groups is 1. The highest BCUT2D eigenvalue weighted by Gasteiger charge is 2.12. The quantitative estimate of drug-likeness (QED) is 0.479. The lowest BCUT2D eigenvalue weighted by atomic mass is 10.1. The number of nitrogens with two attached hydrogens (primary N) is 2. The predicted octanol–water partition coefficient (Wildman–Crippen LogP) is -1.76. The van der Waals surface area contributed by atoms with Crippen molar-refractivity contribution in [2.24, 2.45) is 11.5 Å². The summed E-state index contributed by atoms with van der Waals surface area (Å²) in [4.78, 5) is 19.2. The molecule has 2 rings (SSSR count). The number of H-pyrrole nitrogens is 1. The van der Waals surface area contributed by atoms with Gasteiger partial charge in [0.1, 0.15) is 0 Å². The Morgan fingerprint density at radius 2 is 2.29 bits per heavy atom. The normalized spacial score (nSPS) is 12.0. The third kappa shape index (κ3) is 4.96. The molecule has 1 heterocycles. The number of fused-ring (bicyclic) bond motifs is 1. The fraction of sp³-hybridized carbons (Fsp3) is 0.385. The SMILES string of the molecule is NCCC[C@H](N)CNC(=O)c1nc2cc(Br)ccc2[nH]1.[Cl-].[H+]. The minimum Gasteiger partial charge on any atom is -1.00 e. The van der Waals surface area contributed by atoms with Crippen molar-refractivity contribution in [1.82, 2.24) is 15.3 Å².